The Balaban J connectivity index is 2.07. The van der Waals surface area contributed by atoms with E-state index in [-0.39, 0.29) is 27.3 Å². The van der Waals surface area contributed by atoms with Crippen molar-refractivity contribution in [1.29, 1.82) is 0 Å². The fourth-order valence-electron chi connectivity index (χ4n) is 2.48. The number of nitrogen functional groups attached to an aromatic ring is 1. The summed E-state index contributed by atoms with van der Waals surface area (Å²) in [4.78, 5) is 33.9. The van der Waals surface area contributed by atoms with Gasteiger partial charge in [0.05, 0.1) is 0 Å². The molecule has 0 bridgehead atoms. The van der Waals surface area contributed by atoms with E-state index in [0.29, 0.717) is 5.56 Å². The molecule has 0 saturated heterocycles. The molecule has 2 heterocycles. The van der Waals surface area contributed by atoms with Crippen molar-refractivity contribution < 1.29 is 18.4 Å². The van der Waals surface area contributed by atoms with Crippen LogP contribution in [0.1, 0.15) is 22.2 Å². The molecule has 0 spiro atoms. The number of nitrogens with two attached hydrogens (primary N) is 2. The number of amides is 1. The van der Waals surface area contributed by atoms with E-state index in [4.69, 9.17) is 11.5 Å². The van der Waals surface area contributed by atoms with E-state index in [1.54, 1.807) is 0 Å². The molecular formula is C18H15F2N5O2S. The third-order valence-electron chi connectivity index (χ3n) is 3.98. The zero-order valence-corrected chi connectivity index (χ0v) is 15.4. The van der Waals surface area contributed by atoms with Crippen LogP contribution < -0.4 is 16.4 Å². The number of halogens is 2. The first-order valence-electron chi connectivity index (χ1n) is 8.04. The van der Waals surface area contributed by atoms with Gasteiger partial charge < -0.3 is 16.4 Å². The van der Waals surface area contributed by atoms with Crippen LogP contribution in [0.5, 0.6) is 0 Å². The summed E-state index contributed by atoms with van der Waals surface area (Å²) in [5.74, 6) is -3.29. The Bertz CT molecular complexity index is 1040. The molecule has 0 aliphatic rings. The second-order valence-electron chi connectivity index (χ2n) is 5.82. The third-order valence-corrected chi connectivity index (χ3v) is 5.05. The fraction of sp³-hybridized carbons (Fsp3) is 0.111. The van der Waals surface area contributed by atoms with Gasteiger partial charge in [-0.2, -0.15) is 0 Å². The van der Waals surface area contributed by atoms with Crippen LogP contribution in [0.2, 0.25) is 0 Å². The molecule has 0 fully saturated rings. The monoisotopic (exact) mass is 403 g/mol. The van der Waals surface area contributed by atoms with Gasteiger partial charge in [-0.15, -0.1) is 0 Å². The summed E-state index contributed by atoms with van der Waals surface area (Å²) >= 11 is 0.917. The van der Waals surface area contributed by atoms with Gasteiger partial charge in [0.1, 0.15) is 16.7 Å². The lowest BCUT2D eigenvalue weighted by molar-refractivity contribution is -0.118. The molecule has 1 unspecified atom stereocenters. The minimum absolute atomic E-state index is 0.0499. The van der Waals surface area contributed by atoms with Gasteiger partial charge in [0.15, 0.2) is 16.8 Å². The van der Waals surface area contributed by atoms with E-state index in [1.165, 1.54) is 42.4 Å². The van der Waals surface area contributed by atoms with Crippen LogP contribution in [0.4, 0.5) is 25.4 Å². The third kappa shape index (κ3) is 3.67. The number of rotatable bonds is 6. The number of nitrogens with zero attached hydrogens (tertiary/aromatic N) is 3. The molecule has 0 aliphatic heterocycles. The Morgan fingerprint density at radius 3 is 2.43 bits per heavy atom. The molecule has 1 amide bonds. The quantitative estimate of drug-likeness (QED) is 0.612. The van der Waals surface area contributed by atoms with Crippen molar-refractivity contribution >= 4 is 39.7 Å². The normalized spacial score (nSPS) is 11.8. The van der Waals surface area contributed by atoms with E-state index in [0.717, 1.165) is 23.5 Å². The second-order valence-corrected chi connectivity index (χ2v) is 6.80. The van der Waals surface area contributed by atoms with E-state index in [2.05, 4.69) is 9.97 Å². The van der Waals surface area contributed by atoms with Gasteiger partial charge in [-0.3, -0.25) is 14.6 Å². The molecule has 1 atom stereocenters. The number of hydrogen-bond acceptors (Lipinski definition) is 7. The number of ketones is 1. The highest BCUT2D eigenvalue weighted by Gasteiger charge is 2.28. The van der Waals surface area contributed by atoms with Gasteiger partial charge in [0.2, 0.25) is 11.7 Å². The molecule has 3 rings (SSSR count). The zero-order chi connectivity index (χ0) is 20.4. The Morgan fingerprint density at radius 1 is 1.14 bits per heavy atom. The number of thiazole rings is 1. The number of anilines is 3. The van der Waals surface area contributed by atoms with Gasteiger partial charge in [0.25, 0.3) is 0 Å². The van der Waals surface area contributed by atoms with Crippen LogP contribution in [0.15, 0.2) is 42.7 Å². The molecule has 0 radical (unpaired) electrons. The van der Waals surface area contributed by atoms with Crippen molar-refractivity contribution in [1.82, 2.24) is 9.97 Å². The number of pyridine rings is 1. The Labute approximate surface area is 162 Å². The second kappa shape index (κ2) is 7.69. The highest BCUT2D eigenvalue weighted by molar-refractivity contribution is 7.18. The van der Waals surface area contributed by atoms with Crippen molar-refractivity contribution in [3.05, 3.63) is 64.8 Å². The maximum Gasteiger partial charge on any atom is 0.240 e. The zero-order valence-electron chi connectivity index (χ0n) is 14.6. The summed E-state index contributed by atoms with van der Waals surface area (Å²) in [6, 6.07) is 5.21. The molecule has 3 aromatic rings. The number of primary amides is 1. The van der Waals surface area contributed by atoms with Crippen molar-refractivity contribution in [2.45, 2.75) is 13.0 Å². The summed E-state index contributed by atoms with van der Waals surface area (Å²) in [7, 11) is 0. The van der Waals surface area contributed by atoms with E-state index >= 15 is 0 Å². The highest BCUT2D eigenvalue weighted by Crippen LogP contribution is 2.36. The van der Waals surface area contributed by atoms with Crippen molar-refractivity contribution in [2.75, 3.05) is 10.6 Å². The van der Waals surface area contributed by atoms with E-state index in [9.17, 15) is 18.4 Å². The molecule has 0 saturated carbocycles. The van der Waals surface area contributed by atoms with Crippen LogP contribution in [-0.4, -0.2) is 27.7 Å². The smallest absolute Gasteiger partial charge is 0.240 e. The average Bonchev–Trinajstić information content (AvgIpc) is 3.05. The van der Waals surface area contributed by atoms with Crippen molar-refractivity contribution in [3.63, 3.8) is 0 Å². The number of carbonyl (C=O) groups is 2. The maximum absolute atomic E-state index is 13.7. The van der Waals surface area contributed by atoms with Crippen LogP contribution in [0, 0.1) is 11.6 Å². The van der Waals surface area contributed by atoms with Crippen molar-refractivity contribution in [2.24, 2.45) is 5.73 Å². The maximum atomic E-state index is 13.7. The lowest BCUT2D eigenvalue weighted by Gasteiger charge is -2.26. The van der Waals surface area contributed by atoms with E-state index < -0.39 is 23.6 Å². The van der Waals surface area contributed by atoms with Gasteiger partial charge >= 0.3 is 0 Å². The molecule has 7 nitrogen and oxygen atoms in total. The molecule has 4 N–H and O–H groups in total. The first kappa shape index (κ1) is 19.4. The summed E-state index contributed by atoms with van der Waals surface area (Å²) in [6.45, 7) is 1.48. The Hall–Kier alpha value is -3.40. The number of benzene rings is 1. The van der Waals surface area contributed by atoms with Gasteiger partial charge in [-0.1, -0.05) is 11.3 Å². The topological polar surface area (TPSA) is 115 Å². The number of hydrogen-bond donors (Lipinski definition) is 2. The van der Waals surface area contributed by atoms with Crippen molar-refractivity contribution in [3.8, 4) is 0 Å². The predicted octanol–water partition coefficient (Wildman–Crippen LogP) is 2.64. The molecule has 0 aliphatic carbocycles. The summed E-state index contributed by atoms with van der Waals surface area (Å²) in [6.07, 6.45) is 2.93. The van der Waals surface area contributed by atoms with Crippen LogP contribution in [-0.2, 0) is 4.79 Å². The molecule has 144 valence electrons. The predicted molar refractivity (Wildman–Crippen MR) is 101 cm³/mol. The molecular weight excluding hydrogens is 388 g/mol. The first-order valence-corrected chi connectivity index (χ1v) is 8.86. The van der Waals surface area contributed by atoms with Crippen LogP contribution in [0.25, 0.3) is 0 Å². The average molecular weight is 403 g/mol. The lowest BCUT2D eigenvalue weighted by Crippen LogP contribution is -2.40. The molecule has 1 aromatic carbocycles. The molecule has 10 heteroatoms. The van der Waals surface area contributed by atoms with Crippen LogP contribution >= 0.6 is 11.3 Å². The van der Waals surface area contributed by atoms with Gasteiger partial charge in [-0.25, -0.2) is 13.8 Å². The Morgan fingerprint density at radius 2 is 1.82 bits per heavy atom. The van der Waals surface area contributed by atoms with E-state index in [1.807, 2.05) is 0 Å². The van der Waals surface area contributed by atoms with Gasteiger partial charge in [0, 0.05) is 29.7 Å². The first-order chi connectivity index (χ1) is 13.3. The Kier molecular flexibility index (Phi) is 5.32. The van der Waals surface area contributed by atoms with Gasteiger partial charge in [-0.05, 0) is 31.2 Å². The number of aromatic nitrogens is 2. The largest absolute Gasteiger partial charge is 0.382 e. The minimum atomic E-state index is -1.10. The lowest BCUT2D eigenvalue weighted by atomic mass is 10.1. The molecule has 2 aromatic heterocycles. The summed E-state index contributed by atoms with van der Waals surface area (Å²) in [5.41, 5.74) is 11.8. The fourth-order valence-corrected chi connectivity index (χ4v) is 3.53. The number of carbonyl (C=O) groups excluding carboxylic acids is 2. The standard InChI is InChI=1S/C18H15F2N5O2S/c1-9(17(22)27)25(11-2-3-12(19)13(20)8-11)18-24-16(21)15(28-18)14(26)10-4-6-23-7-5-10/h2-9H,21H2,1H3,(H2,22,27). The minimum Gasteiger partial charge on any atom is -0.382 e. The SMILES string of the molecule is CC(C(N)=O)N(c1ccc(F)c(F)c1)c1nc(N)c(C(=O)c2ccncc2)s1. The van der Waals surface area contributed by atoms with Crippen LogP contribution in [0.3, 0.4) is 0 Å². The highest BCUT2D eigenvalue weighted by atomic mass is 32.1. The summed E-state index contributed by atoms with van der Waals surface area (Å²) in [5, 5.41) is 0.146. The summed E-state index contributed by atoms with van der Waals surface area (Å²) < 4.78 is 27.1. The molecule has 28 heavy (non-hydrogen) atoms.